The Bertz CT molecular complexity index is 1160. The number of pyridine rings is 1. The Morgan fingerprint density at radius 3 is 2.69 bits per heavy atom. The summed E-state index contributed by atoms with van der Waals surface area (Å²) in [5.74, 6) is 1.05. The largest absolute Gasteiger partial charge is 0.497 e. The van der Waals surface area contributed by atoms with E-state index in [1.54, 1.807) is 7.11 Å². The number of ether oxygens (including phenoxy) is 1. The molecule has 0 bridgehead atoms. The quantitative estimate of drug-likeness (QED) is 0.599. The van der Waals surface area contributed by atoms with Crippen LogP contribution in [0.1, 0.15) is 33.7 Å². The standard InChI is InChI=1S/C22H18N2O2/c1-26-14-8-6-13(7-9-14)12-18-22-20(15-4-2-3-5-16(15)24-22)21-17(23-18)10-11-19(21)25/h2-9,24H,10-12H2,1H3. The average Bonchev–Trinajstić information content (AvgIpc) is 3.23. The summed E-state index contributed by atoms with van der Waals surface area (Å²) in [5, 5.41) is 2.14. The lowest BCUT2D eigenvalue weighted by atomic mass is 10.0. The second kappa shape index (κ2) is 5.70. The zero-order chi connectivity index (χ0) is 17.7. The van der Waals surface area contributed by atoms with E-state index in [4.69, 9.17) is 9.72 Å². The summed E-state index contributed by atoms with van der Waals surface area (Å²) >= 11 is 0. The van der Waals surface area contributed by atoms with Crippen LogP contribution < -0.4 is 4.74 Å². The number of carbonyl (C=O) groups is 1. The summed E-state index contributed by atoms with van der Waals surface area (Å²) in [6.45, 7) is 0. The van der Waals surface area contributed by atoms with Crippen LogP contribution >= 0.6 is 0 Å². The maximum atomic E-state index is 12.5. The van der Waals surface area contributed by atoms with E-state index in [0.717, 1.165) is 57.3 Å². The van der Waals surface area contributed by atoms with Gasteiger partial charge < -0.3 is 9.72 Å². The van der Waals surface area contributed by atoms with E-state index in [9.17, 15) is 4.79 Å². The van der Waals surface area contributed by atoms with Crippen LogP contribution in [0.3, 0.4) is 0 Å². The molecule has 2 aromatic heterocycles. The van der Waals surface area contributed by atoms with Crippen LogP contribution in [0.2, 0.25) is 0 Å². The van der Waals surface area contributed by atoms with E-state index < -0.39 is 0 Å². The molecule has 26 heavy (non-hydrogen) atoms. The minimum atomic E-state index is 0.207. The number of methoxy groups -OCH3 is 1. The molecule has 0 fully saturated rings. The van der Waals surface area contributed by atoms with Crippen LogP contribution in [-0.4, -0.2) is 22.9 Å². The summed E-state index contributed by atoms with van der Waals surface area (Å²) in [5.41, 5.74) is 5.95. The second-order valence-corrected chi connectivity index (χ2v) is 6.75. The van der Waals surface area contributed by atoms with Crippen LogP contribution in [-0.2, 0) is 12.8 Å². The highest BCUT2D eigenvalue weighted by atomic mass is 16.5. The van der Waals surface area contributed by atoms with E-state index in [1.165, 1.54) is 5.56 Å². The Hall–Kier alpha value is -3.14. The third-order valence-corrected chi connectivity index (χ3v) is 5.20. The van der Waals surface area contributed by atoms with E-state index in [0.29, 0.717) is 6.42 Å². The fraction of sp³-hybridized carbons (Fsp3) is 0.182. The molecule has 0 amide bonds. The van der Waals surface area contributed by atoms with Crippen molar-refractivity contribution in [3.63, 3.8) is 0 Å². The molecule has 2 aromatic carbocycles. The van der Waals surface area contributed by atoms with Crippen molar-refractivity contribution in [3.8, 4) is 5.75 Å². The van der Waals surface area contributed by atoms with Crippen LogP contribution in [0, 0.1) is 0 Å². The Kier molecular flexibility index (Phi) is 3.32. The molecule has 2 heterocycles. The van der Waals surface area contributed by atoms with Gasteiger partial charge in [0, 0.05) is 34.7 Å². The molecular formula is C22H18N2O2. The van der Waals surface area contributed by atoms with Crippen molar-refractivity contribution in [1.29, 1.82) is 0 Å². The fourth-order valence-electron chi connectivity index (χ4n) is 3.94. The number of H-pyrrole nitrogens is 1. The van der Waals surface area contributed by atoms with Crippen molar-refractivity contribution in [2.75, 3.05) is 7.11 Å². The maximum Gasteiger partial charge on any atom is 0.165 e. The van der Waals surface area contributed by atoms with Crippen LogP contribution in [0.25, 0.3) is 21.8 Å². The monoisotopic (exact) mass is 342 g/mol. The summed E-state index contributed by atoms with van der Waals surface area (Å²) in [4.78, 5) is 20.9. The molecule has 0 radical (unpaired) electrons. The van der Waals surface area contributed by atoms with Gasteiger partial charge in [-0.15, -0.1) is 0 Å². The zero-order valence-electron chi connectivity index (χ0n) is 14.5. The van der Waals surface area contributed by atoms with Gasteiger partial charge in [-0.1, -0.05) is 30.3 Å². The molecule has 0 aliphatic heterocycles. The number of nitrogens with zero attached hydrogens (tertiary/aromatic N) is 1. The first kappa shape index (κ1) is 15.1. The first-order valence-electron chi connectivity index (χ1n) is 8.83. The van der Waals surface area contributed by atoms with Crippen molar-refractivity contribution in [2.45, 2.75) is 19.3 Å². The molecule has 0 saturated heterocycles. The number of aromatic amines is 1. The highest BCUT2D eigenvalue weighted by Crippen LogP contribution is 2.36. The molecule has 1 N–H and O–H groups in total. The van der Waals surface area contributed by atoms with Gasteiger partial charge in [-0.25, -0.2) is 0 Å². The second-order valence-electron chi connectivity index (χ2n) is 6.75. The number of aryl methyl sites for hydroxylation is 1. The number of ketones is 1. The predicted molar refractivity (Wildman–Crippen MR) is 102 cm³/mol. The van der Waals surface area contributed by atoms with E-state index in [2.05, 4.69) is 29.2 Å². The first-order chi connectivity index (χ1) is 12.7. The third-order valence-electron chi connectivity index (χ3n) is 5.20. The number of carbonyl (C=O) groups excluding carboxylic acids is 1. The molecule has 4 aromatic rings. The molecule has 0 saturated carbocycles. The van der Waals surface area contributed by atoms with Gasteiger partial charge in [-0.3, -0.25) is 9.78 Å². The molecule has 4 heteroatoms. The smallest absolute Gasteiger partial charge is 0.165 e. The molecule has 4 nitrogen and oxygen atoms in total. The summed E-state index contributed by atoms with van der Waals surface area (Å²) in [6.07, 6.45) is 2.01. The van der Waals surface area contributed by atoms with Gasteiger partial charge in [0.25, 0.3) is 0 Å². The number of hydrogen-bond acceptors (Lipinski definition) is 3. The van der Waals surface area contributed by atoms with E-state index in [1.807, 2.05) is 24.3 Å². The van der Waals surface area contributed by atoms with Crippen LogP contribution in [0.5, 0.6) is 5.75 Å². The molecule has 1 aliphatic rings. The van der Waals surface area contributed by atoms with Gasteiger partial charge in [0.15, 0.2) is 5.78 Å². The molecule has 0 atom stereocenters. The van der Waals surface area contributed by atoms with Crippen molar-refractivity contribution in [2.24, 2.45) is 0 Å². The minimum Gasteiger partial charge on any atom is -0.497 e. The van der Waals surface area contributed by atoms with Crippen LogP contribution in [0.15, 0.2) is 48.5 Å². The van der Waals surface area contributed by atoms with Crippen molar-refractivity contribution >= 4 is 27.6 Å². The Balaban J connectivity index is 1.74. The number of para-hydroxylation sites is 1. The first-order valence-corrected chi connectivity index (χ1v) is 8.83. The number of rotatable bonds is 3. The SMILES string of the molecule is COc1ccc(Cc2nc3c(c4c2[nH]c2ccccc24)C(=O)CC3)cc1. The van der Waals surface area contributed by atoms with Crippen LogP contribution in [0.4, 0.5) is 0 Å². The van der Waals surface area contributed by atoms with Crippen molar-refractivity contribution in [1.82, 2.24) is 9.97 Å². The van der Waals surface area contributed by atoms with E-state index >= 15 is 0 Å². The number of benzene rings is 2. The zero-order valence-corrected chi connectivity index (χ0v) is 14.5. The van der Waals surface area contributed by atoms with Gasteiger partial charge in [0.05, 0.1) is 24.0 Å². The van der Waals surface area contributed by atoms with Gasteiger partial charge in [-0.05, 0) is 30.2 Å². The minimum absolute atomic E-state index is 0.207. The number of nitrogens with one attached hydrogen (secondary N) is 1. The number of fused-ring (bicyclic) bond motifs is 5. The van der Waals surface area contributed by atoms with Gasteiger partial charge >= 0.3 is 0 Å². The highest BCUT2D eigenvalue weighted by Gasteiger charge is 2.27. The molecule has 0 unspecified atom stereocenters. The lowest BCUT2D eigenvalue weighted by molar-refractivity contribution is 0.0996. The van der Waals surface area contributed by atoms with E-state index in [-0.39, 0.29) is 5.78 Å². The topological polar surface area (TPSA) is 55.0 Å². The molecule has 1 aliphatic carbocycles. The molecule has 0 spiro atoms. The lowest BCUT2D eigenvalue weighted by Gasteiger charge is -2.08. The predicted octanol–water partition coefficient (Wildman–Crippen LogP) is 4.44. The average molecular weight is 342 g/mol. The number of aromatic nitrogens is 2. The number of hydrogen-bond donors (Lipinski definition) is 1. The summed E-state index contributed by atoms with van der Waals surface area (Å²) in [7, 11) is 1.67. The highest BCUT2D eigenvalue weighted by molar-refractivity contribution is 6.20. The Morgan fingerprint density at radius 2 is 1.88 bits per heavy atom. The normalized spacial score (nSPS) is 13.5. The van der Waals surface area contributed by atoms with Gasteiger partial charge in [0.2, 0.25) is 0 Å². The summed E-state index contributed by atoms with van der Waals surface area (Å²) in [6, 6.07) is 16.2. The Morgan fingerprint density at radius 1 is 1.08 bits per heavy atom. The van der Waals surface area contributed by atoms with Gasteiger partial charge in [0.1, 0.15) is 5.75 Å². The maximum absolute atomic E-state index is 12.5. The fourth-order valence-corrected chi connectivity index (χ4v) is 3.94. The third kappa shape index (κ3) is 2.22. The Labute approximate surface area is 150 Å². The number of Topliss-reactive ketones (excluding diaryl/α,β-unsaturated/α-hetero) is 1. The molecule has 128 valence electrons. The molecular weight excluding hydrogens is 324 g/mol. The lowest BCUT2D eigenvalue weighted by Crippen LogP contribution is -2.01. The molecule has 5 rings (SSSR count). The van der Waals surface area contributed by atoms with Crippen molar-refractivity contribution < 1.29 is 9.53 Å². The summed E-state index contributed by atoms with van der Waals surface area (Å²) < 4.78 is 5.24. The van der Waals surface area contributed by atoms with Gasteiger partial charge in [-0.2, -0.15) is 0 Å². The van der Waals surface area contributed by atoms with Crippen molar-refractivity contribution in [3.05, 3.63) is 71.0 Å².